The first-order chi connectivity index (χ1) is 11.5. The number of ether oxygens (including phenoxy) is 2. The van der Waals surface area contributed by atoms with E-state index in [2.05, 4.69) is 16.0 Å². The van der Waals surface area contributed by atoms with Gasteiger partial charge in [0.2, 0.25) is 0 Å². The summed E-state index contributed by atoms with van der Waals surface area (Å²) in [5.74, 6) is 1.42. The van der Waals surface area contributed by atoms with Crippen molar-refractivity contribution in [1.29, 1.82) is 0 Å². The van der Waals surface area contributed by atoms with Gasteiger partial charge in [-0.15, -0.1) is 0 Å². The monoisotopic (exact) mass is 329 g/mol. The standard InChI is InChI=1S/C18H23N3O3/c1-12(2)19-18(22)21-14-7-5-13(6-8-14)20-16-10-9-15(23-3)11-17(16)24-4/h5-12,20H,1-4H3,(H2,19,21,22). The number of benzene rings is 2. The maximum absolute atomic E-state index is 11.7. The first-order valence-electron chi connectivity index (χ1n) is 7.68. The van der Waals surface area contributed by atoms with Crippen LogP contribution >= 0.6 is 0 Å². The van der Waals surface area contributed by atoms with Gasteiger partial charge in [0.1, 0.15) is 11.5 Å². The average molecular weight is 329 g/mol. The normalized spacial score (nSPS) is 10.2. The van der Waals surface area contributed by atoms with Crippen LogP contribution in [0.3, 0.4) is 0 Å². The molecule has 0 aliphatic rings. The van der Waals surface area contributed by atoms with Gasteiger partial charge in [-0.2, -0.15) is 0 Å². The third-order valence-electron chi connectivity index (χ3n) is 3.25. The Labute approximate surface area is 142 Å². The number of urea groups is 1. The van der Waals surface area contributed by atoms with E-state index in [0.29, 0.717) is 5.75 Å². The average Bonchev–Trinajstić information content (AvgIpc) is 2.56. The Bertz CT molecular complexity index is 684. The zero-order chi connectivity index (χ0) is 17.5. The number of hydrogen-bond donors (Lipinski definition) is 3. The highest BCUT2D eigenvalue weighted by molar-refractivity contribution is 5.89. The van der Waals surface area contributed by atoms with E-state index in [1.807, 2.05) is 56.3 Å². The second kappa shape index (κ2) is 8.10. The lowest BCUT2D eigenvalue weighted by molar-refractivity contribution is 0.250. The van der Waals surface area contributed by atoms with Crippen molar-refractivity contribution >= 4 is 23.1 Å². The predicted molar refractivity (Wildman–Crippen MR) is 96.6 cm³/mol. The number of hydrogen-bond acceptors (Lipinski definition) is 4. The smallest absolute Gasteiger partial charge is 0.319 e. The number of anilines is 3. The fraction of sp³-hybridized carbons (Fsp3) is 0.278. The zero-order valence-electron chi connectivity index (χ0n) is 14.3. The Morgan fingerprint density at radius 1 is 0.958 bits per heavy atom. The van der Waals surface area contributed by atoms with E-state index in [-0.39, 0.29) is 12.1 Å². The summed E-state index contributed by atoms with van der Waals surface area (Å²) in [6, 6.07) is 12.9. The van der Waals surface area contributed by atoms with Crippen LogP contribution in [-0.4, -0.2) is 26.3 Å². The minimum absolute atomic E-state index is 0.0912. The van der Waals surface area contributed by atoms with Crippen molar-refractivity contribution < 1.29 is 14.3 Å². The molecule has 0 radical (unpaired) electrons. The molecule has 0 heterocycles. The molecule has 0 aliphatic heterocycles. The van der Waals surface area contributed by atoms with Gasteiger partial charge in [-0.3, -0.25) is 0 Å². The van der Waals surface area contributed by atoms with E-state index in [1.165, 1.54) is 0 Å². The molecule has 0 spiro atoms. The Hall–Kier alpha value is -2.89. The summed E-state index contributed by atoms with van der Waals surface area (Å²) in [5, 5.41) is 8.84. The molecule has 0 bridgehead atoms. The van der Waals surface area contributed by atoms with Crippen molar-refractivity contribution in [3.8, 4) is 11.5 Å². The van der Waals surface area contributed by atoms with Crippen LogP contribution < -0.4 is 25.4 Å². The lowest BCUT2D eigenvalue weighted by Gasteiger charge is -2.13. The van der Waals surface area contributed by atoms with Gasteiger partial charge in [0.25, 0.3) is 0 Å². The Balaban J connectivity index is 2.05. The predicted octanol–water partition coefficient (Wildman–Crippen LogP) is 3.98. The van der Waals surface area contributed by atoms with E-state index in [4.69, 9.17) is 9.47 Å². The summed E-state index contributed by atoms with van der Waals surface area (Å²) in [7, 11) is 3.23. The first-order valence-corrected chi connectivity index (χ1v) is 7.68. The summed E-state index contributed by atoms with van der Waals surface area (Å²) < 4.78 is 10.6. The van der Waals surface area contributed by atoms with Crippen LogP contribution in [0.25, 0.3) is 0 Å². The fourth-order valence-electron chi connectivity index (χ4n) is 2.12. The number of nitrogens with one attached hydrogen (secondary N) is 3. The van der Waals surface area contributed by atoms with Gasteiger partial charge < -0.3 is 25.4 Å². The second-order valence-corrected chi connectivity index (χ2v) is 5.52. The summed E-state index contributed by atoms with van der Waals surface area (Å²) in [4.78, 5) is 11.7. The molecule has 2 aromatic carbocycles. The Morgan fingerprint density at radius 3 is 2.21 bits per heavy atom. The second-order valence-electron chi connectivity index (χ2n) is 5.52. The molecule has 3 N–H and O–H groups in total. The highest BCUT2D eigenvalue weighted by Crippen LogP contribution is 2.31. The summed E-state index contributed by atoms with van der Waals surface area (Å²) in [5.41, 5.74) is 2.44. The molecule has 0 aliphatic carbocycles. The fourth-order valence-corrected chi connectivity index (χ4v) is 2.12. The highest BCUT2D eigenvalue weighted by atomic mass is 16.5. The van der Waals surface area contributed by atoms with Crippen molar-refractivity contribution in [2.45, 2.75) is 19.9 Å². The largest absolute Gasteiger partial charge is 0.497 e. The van der Waals surface area contributed by atoms with Crippen LogP contribution in [0.5, 0.6) is 11.5 Å². The summed E-state index contributed by atoms with van der Waals surface area (Å²) >= 11 is 0. The number of methoxy groups -OCH3 is 2. The first kappa shape index (κ1) is 17.5. The van der Waals surface area contributed by atoms with Crippen LogP contribution in [0.2, 0.25) is 0 Å². The van der Waals surface area contributed by atoms with Crippen LogP contribution in [0.15, 0.2) is 42.5 Å². The van der Waals surface area contributed by atoms with Crippen LogP contribution in [0.4, 0.5) is 21.9 Å². The minimum atomic E-state index is -0.220. The van der Waals surface area contributed by atoms with Crippen LogP contribution in [-0.2, 0) is 0 Å². The molecule has 2 rings (SSSR count). The molecule has 24 heavy (non-hydrogen) atoms. The van der Waals surface area contributed by atoms with Gasteiger partial charge in [0.15, 0.2) is 0 Å². The topological polar surface area (TPSA) is 71.6 Å². The lowest BCUT2D eigenvalue weighted by atomic mass is 10.2. The minimum Gasteiger partial charge on any atom is -0.497 e. The van der Waals surface area contributed by atoms with Crippen molar-refractivity contribution in [3.63, 3.8) is 0 Å². The molecule has 2 amide bonds. The van der Waals surface area contributed by atoms with E-state index < -0.39 is 0 Å². The molecule has 0 saturated carbocycles. The van der Waals surface area contributed by atoms with Crippen LogP contribution in [0, 0.1) is 0 Å². The van der Waals surface area contributed by atoms with Crippen molar-refractivity contribution in [2.24, 2.45) is 0 Å². The number of carbonyl (C=O) groups excluding carboxylic acids is 1. The van der Waals surface area contributed by atoms with E-state index >= 15 is 0 Å². The molecule has 0 saturated heterocycles. The number of rotatable bonds is 6. The molecule has 0 unspecified atom stereocenters. The van der Waals surface area contributed by atoms with Gasteiger partial charge in [-0.25, -0.2) is 4.79 Å². The van der Waals surface area contributed by atoms with Crippen molar-refractivity contribution in [2.75, 3.05) is 24.9 Å². The molecule has 0 aromatic heterocycles. The highest BCUT2D eigenvalue weighted by Gasteiger charge is 2.06. The lowest BCUT2D eigenvalue weighted by Crippen LogP contribution is -2.34. The van der Waals surface area contributed by atoms with Crippen molar-refractivity contribution in [3.05, 3.63) is 42.5 Å². The maximum Gasteiger partial charge on any atom is 0.319 e. The maximum atomic E-state index is 11.7. The Kier molecular flexibility index (Phi) is 5.89. The van der Waals surface area contributed by atoms with Gasteiger partial charge in [-0.05, 0) is 50.2 Å². The number of amides is 2. The molecular formula is C18H23N3O3. The summed E-state index contributed by atoms with van der Waals surface area (Å²) in [6.07, 6.45) is 0. The van der Waals surface area contributed by atoms with E-state index in [9.17, 15) is 4.79 Å². The zero-order valence-corrected chi connectivity index (χ0v) is 14.3. The molecule has 2 aromatic rings. The molecule has 128 valence electrons. The number of carbonyl (C=O) groups is 1. The quantitative estimate of drug-likeness (QED) is 0.750. The molecule has 6 heteroatoms. The van der Waals surface area contributed by atoms with Gasteiger partial charge >= 0.3 is 6.03 Å². The Morgan fingerprint density at radius 2 is 1.62 bits per heavy atom. The van der Waals surface area contributed by atoms with E-state index in [1.54, 1.807) is 14.2 Å². The van der Waals surface area contributed by atoms with E-state index in [0.717, 1.165) is 22.8 Å². The van der Waals surface area contributed by atoms with Gasteiger partial charge in [-0.1, -0.05) is 0 Å². The third kappa shape index (κ3) is 4.81. The molecular weight excluding hydrogens is 306 g/mol. The molecule has 0 fully saturated rings. The molecule has 0 atom stereocenters. The van der Waals surface area contributed by atoms with Crippen LogP contribution in [0.1, 0.15) is 13.8 Å². The van der Waals surface area contributed by atoms with Crippen molar-refractivity contribution in [1.82, 2.24) is 5.32 Å². The third-order valence-corrected chi connectivity index (χ3v) is 3.25. The SMILES string of the molecule is COc1ccc(Nc2ccc(NC(=O)NC(C)C)cc2)c(OC)c1. The molecule has 6 nitrogen and oxygen atoms in total. The van der Waals surface area contributed by atoms with Gasteiger partial charge in [0.05, 0.1) is 19.9 Å². The van der Waals surface area contributed by atoms with Gasteiger partial charge in [0, 0.05) is 23.5 Å². The summed E-state index contributed by atoms with van der Waals surface area (Å²) in [6.45, 7) is 3.82.